The van der Waals surface area contributed by atoms with Crippen LogP contribution in [0.5, 0.6) is 0 Å². The third-order valence-corrected chi connectivity index (χ3v) is 3.36. The normalized spacial score (nSPS) is 11.2. The molecular formula is C10H15F2N3OS. The van der Waals surface area contributed by atoms with Crippen molar-refractivity contribution in [1.29, 1.82) is 0 Å². The van der Waals surface area contributed by atoms with Crippen molar-refractivity contribution in [3.05, 3.63) is 21.4 Å². The largest absolute Gasteiger partial charge is 0.296 e. The molecule has 0 aliphatic carbocycles. The zero-order chi connectivity index (χ0) is 13.0. The maximum atomic E-state index is 12.2. The Labute approximate surface area is 102 Å². The van der Waals surface area contributed by atoms with Crippen molar-refractivity contribution in [2.24, 2.45) is 5.84 Å². The van der Waals surface area contributed by atoms with E-state index in [4.69, 9.17) is 5.84 Å². The maximum absolute atomic E-state index is 12.2. The first-order valence-corrected chi connectivity index (χ1v) is 5.82. The van der Waals surface area contributed by atoms with Crippen LogP contribution in [0.1, 0.15) is 20.1 Å². The summed E-state index contributed by atoms with van der Waals surface area (Å²) in [5.74, 6) is 4.67. The van der Waals surface area contributed by atoms with Gasteiger partial charge in [0.25, 0.3) is 12.3 Å². The molecule has 0 aliphatic heterocycles. The molecule has 7 heteroatoms. The number of nitrogens with zero attached hydrogens (tertiary/aromatic N) is 1. The van der Waals surface area contributed by atoms with E-state index in [1.54, 1.807) is 13.1 Å². The number of hydrazine groups is 1. The molecule has 0 aliphatic rings. The minimum atomic E-state index is -2.36. The number of amides is 1. The van der Waals surface area contributed by atoms with Crippen molar-refractivity contribution in [3.8, 4) is 0 Å². The summed E-state index contributed by atoms with van der Waals surface area (Å²) in [4.78, 5) is 14.2. The molecule has 96 valence electrons. The number of hydrogen-bond donors (Lipinski definition) is 2. The van der Waals surface area contributed by atoms with Crippen molar-refractivity contribution >= 4 is 17.2 Å². The van der Waals surface area contributed by atoms with Crippen LogP contribution >= 0.6 is 11.3 Å². The fourth-order valence-electron chi connectivity index (χ4n) is 1.45. The number of nitrogens with one attached hydrogen (secondary N) is 1. The fraction of sp³-hybridized carbons (Fsp3) is 0.500. The number of hydrogen-bond acceptors (Lipinski definition) is 4. The Kier molecular flexibility index (Phi) is 4.98. The van der Waals surface area contributed by atoms with Gasteiger partial charge in [-0.2, -0.15) is 0 Å². The van der Waals surface area contributed by atoms with E-state index < -0.39 is 6.43 Å². The Morgan fingerprint density at radius 3 is 2.82 bits per heavy atom. The molecule has 0 radical (unpaired) electrons. The van der Waals surface area contributed by atoms with Gasteiger partial charge in [-0.1, -0.05) is 0 Å². The van der Waals surface area contributed by atoms with Crippen molar-refractivity contribution < 1.29 is 13.6 Å². The lowest BCUT2D eigenvalue weighted by Crippen LogP contribution is -2.29. The quantitative estimate of drug-likeness (QED) is 0.479. The van der Waals surface area contributed by atoms with Gasteiger partial charge in [-0.25, -0.2) is 14.6 Å². The number of alkyl halides is 2. The van der Waals surface area contributed by atoms with E-state index in [-0.39, 0.29) is 12.5 Å². The van der Waals surface area contributed by atoms with Gasteiger partial charge in [-0.05, 0) is 25.6 Å². The Morgan fingerprint density at radius 1 is 1.65 bits per heavy atom. The Hall–Kier alpha value is -1.05. The summed E-state index contributed by atoms with van der Waals surface area (Å²) in [7, 11) is 1.62. The summed E-state index contributed by atoms with van der Waals surface area (Å²) in [5.41, 5.74) is 2.92. The molecule has 17 heavy (non-hydrogen) atoms. The number of aryl methyl sites for hydroxylation is 1. The Bertz CT molecular complexity index is 395. The first kappa shape index (κ1) is 14.0. The second-order valence-electron chi connectivity index (χ2n) is 3.75. The molecule has 3 N–H and O–H groups in total. The zero-order valence-corrected chi connectivity index (χ0v) is 10.5. The number of carbonyl (C=O) groups is 1. The third-order valence-electron chi connectivity index (χ3n) is 2.27. The maximum Gasteiger partial charge on any atom is 0.275 e. The summed E-state index contributed by atoms with van der Waals surface area (Å²) in [5, 5.41) is 0. The standard InChI is InChI=1S/C10H15F2N3OS/c1-6-7(4-15(2)5-9(11)12)3-8(17-6)10(16)14-13/h3,9H,4-5,13H2,1-2H3,(H,14,16). The van der Waals surface area contributed by atoms with E-state index in [0.717, 1.165) is 10.4 Å². The van der Waals surface area contributed by atoms with Crippen LogP contribution in [-0.4, -0.2) is 30.8 Å². The average Bonchev–Trinajstić information content (AvgIpc) is 2.58. The topological polar surface area (TPSA) is 58.4 Å². The first-order valence-electron chi connectivity index (χ1n) is 5.01. The molecule has 0 spiro atoms. The zero-order valence-electron chi connectivity index (χ0n) is 9.67. The summed E-state index contributed by atoms with van der Waals surface area (Å²) < 4.78 is 24.3. The van der Waals surface area contributed by atoms with E-state index in [1.807, 2.05) is 12.3 Å². The van der Waals surface area contributed by atoms with E-state index in [1.165, 1.54) is 16.2 Å². The van der Waals surface area contributed by atoms with Gasteiger partial charge in [0.15, 0.2) is 0 Å². The lowest BCUT2D eigenvalue weighted by atomic mass is 10.2. The van der Waals surface area contributed by atoms with Crippen LogP contribution in [0.25, 0.3) is 0 Å². The van der Waals surface area contributed by atoms with Gasteiger partial charge in [-0.15, -0.1) is 11.3 Å². The molecule has 1 aromatic rings. The highest BCUT2D eigenvalue weighted by Crippen LogP contribution is 2.22. The molecule has 1 aromatic heterocycles. The van der Waals surface area contributed by atoms with Gasteiger partial charge in [0, 0.05) is 11.4 Å². The minimum absolute atomic E-state index is 0.284. The van der Waals surface area contributed by atoms with Gasteiger partial charge in [0.2, 0.25) is 0 Å². The van der Waals surface area contributed by atoms with Gasteiger partial charge >= 0.3 is 0 Å². The number of rotatable bonds is 5. The number of nitrogen functional groups attached to an aromatic ring is 1. The molecule has 1 amide bonds. The molecule has 0 fully saturated rings. The molecular weight excluding hydrogens is 248 g/mol. The van der Waals surface area contributed by atoms with E-state index >= 15 is 0 Å². The molecule has 0 saturated heterocycles. The molecule has 1 rings (SSSR count). The van der Waals surface area contributed by atoms with Crippen LogP contribution in [0.2, 0.25) is 0 Å². The SMILES string of the molecule is Cc1sc(C(=O)NN)cc1CN(C)CC(F)F. The lowest BCUT2D eigenvalue weighted by molar-refractivity contribution is 0.0951. The molecule has 0 saturated carbocycles. The number of halogens is 2. The molecule has 0 aromatic carbocycles. The second kappa shape index (κ2) is 6.04. The molecule has 0 unspecified atom stereocenters. The van der Waals surface area contributed by atoms with Gasteiger partial charge in [-0.3, -0.25) is 15.1 Å². The van der Waals surface area contributed by atoms with Gasteiger partial charge in [0.05, 0.1) is 11.4 Å². The van der Waals surface area contributed by atoms with Gasteiger partial charge in [0.1, 0.15) is 0 Å². The van der Waals surface area contributed by atoms with Crippen LogP contribution in [-0.2, 0) is 6.54 Å². The molecule has 0 atom stereocenters. The monoisotopic (exact) mass is 263 g/mol. The Balaban J connectivity index is 2.71. The lowest BCUT2D eigenvalue weighted by Gasteiger charge is -2.15. The van der Waals surface area contributed by atoms with Crippen molar-refractivity contribution in [2.75, 3.05) is 13.6 Å². The van der Waals surface area contributed by atoms with E-state index in [0.29, 0.717) is 11.4 Å². The van der Waals surface area contributed by atoms with Crippen LogP contribution in [0.4, 0.5) is 8.78 Å². The van der Waals surface area contributed by atoms with Crippen LogP contribution in [0.3, 0.4) is 0 Å². The number of carbonyl (C=O) groups excluding carboxylic acids is 1. The smallest absolute Gasteiger partial charge is 0.275 e. The van der Waals surface area contributed by atoms with E-state index in [2.05, 4.69) is 0 Å². The molecule has 0 bridgehead atoms. The summed E-state index contributed by atoms with van der Waals surface area (Å²) >= 11 is 1.30. The predicted molar refractivity (Wildman–Crippen MR) is 63.0 cm³/mol. The molecule has 1 heterocycles. The summed E-state index contributed by atoms with van der Waals surface area (Å²) in [6.07, 6.45) is -2.36. The first-order chi connectivity index (χ1) is 7.93. The summed E-state index contributed by atoms with van der Waals surface area (Å²) in [6, 6.07) is 1.68. The highest BCUT2D eigenvalue weighted by molar-refractivity contribution is 7.14. The Morgan fingerprint density at radius 2 is 2.29 bits per heavy atom. The second-order valence-corrected chi connectivity index (χ2v) is 5.01. The highest BCUT2D eigenvalue weighted by atomic mass is 32.1. The van der Waals surface area contributed by atoms with Crippen molar-refractivity contribution in [2.45, 2.75) is 19.9 Å². The third kappa shape index (κ3) is 4.03. The number of thiophene rings is 1. The average molecular weight is 263 g/mol. The fourth-order valence-corrected chi connectivity index (χ4v) is 2.39. The highest BCUT2D eigenvalue weighted by Gasteiger charge is 2.14. The van der Waals surface area contributed by atoms with Crippen LogP contribution < -0.4 is 11.3 Å². The van der Waals surface area contributed by atoms with E-state index in [9.17, 15) is 13.6 Å². The van der Waals surface area contributed by atoms with Crippen LogP contribution in [0, 0.1) is 6.92 Å². The predicted octanol–water partition coefficient (Wildman–Crippen LogP) is 1.36. The van der Waals surface area contributed by atoms with Gasteiger partial charge < -0.3 is 0 Å². The molecule has 4 nitrogen and oxygen atoms in total. The summed E-state index contributed by atoms with van der Waals surface area (Å²) in [6.45, 7) is 1.96. The van der Waals surface area contributed by atoms with Crippen molar-refractivity contribution in [3.63, 3.8) is 0 Å². The minimum Gasteiger partial charge on any atom is -0.296 e. The van der Waals surface area contributed by atoms with Crippen molar-refractivity contribution in [1.82, 2.24) is 10.3 Å². The number of nitrogens with two attached hydrogens (primary N) is 1. The van der Waals surface area contributed by atoms with Crippen LogP contribution in [0.15, 0.2) is 6.07 Å².